The Morgan fingerprint density at radius 2 is 1.73 bits per heavy atom. The lowest BCUT2D eigenvalue weighted by molar-refractivity contribution is -0.142. The number of aryl methyl sites for hydroxylation is 1. The summed E-state index contributed by atoms with van der Waals surface area (Å²) in [5.74, 6) is -0.759. The van der Waals surface area contributed by atoms with Crippen molar-refractivity contribution in [3.05, 3.63) is 64.7 Å². The van der Waals surface area contributed by atoms with Crippen LogP contribution in [-0.4, -0.2) is 24.1 Å². The van der Waals surface area contributed by atoms with E-state index >= 15 is 0 Å². The van der Waals surface area contributed by atoms with Gasteiger partial charge in [-0.1, -0.05) is 43.3 Å². The highest BCUT2D eigenvalue weighted by atomic mass is 16.5. The standard InChI is InChI=1S/C21H25NO4/c1-13-8-7-10-17(15(13)3)20(21(24)25)22-19(23)12-14(2)16-9-5-6-11-18(16)26-4/h5-11,14,20H,12H2,1-4H3,(H,22,23)(H,24,25). The fraction of sp³-hybridized carbons (Fsp3) is 0.333. The molecule has 0 radical (unpaired) electrons. The average molecular weight is 355 g/mol. The van der Waals surface area contributed by atoms with Crippen LogP contribution in [-0.2, 0) is 9.59 Å². The molecule has 0 heterocycles. The minimum absolute atomic E-state index is 0.0980. The molecule has 5 heteroatoms. The van der Waals surface area contributed by atoms with Crippen molar-refractivity contribution in [2.24, 2.45) is 0 Å². The van der Waals surface area contributed by atoms with Gasteiger partial charge in [-0.25, -0.2) is 4.79 Å². The number of aliphatic carboxylic acids is 1. The Morgan fingerprint density at radius 3 is 2.38 bits per heavy atom. The fourth-order valence-corrected chi connectivity index (χ4v) is 3.04. The van der Waals surface area contributed by atoms with Crippen molar-refractivity contribution >= 4 is 11.9 Å². The summed E-state index contributed by atoms with van der Waals surface area (Å²) in [5, 5.41) is 12.2. The number of benzene rings is 2. The van der Waals surface area contributed by atoms with E-state index < -0.39 is 12.0 Å². The molecule has 0 bridgehead atoms. The fourth-order valence-electron chi connectivity index (χ4n) is 3.04. The van der Waals surface area contributed by atoms with Gasteiger partial charge in [0.05, 0.1) is 7.11 Å². The number of rotatable bonds is 7. The van der Waals surface area contributed by atoms with Crippen LogP contribution < -0.4 is 10.1 Å². The van der Waals surface area contributed by atoms with Crippen molar-refractivity contribution < 1.29 is 19.4 Å². The van der Waals surface area contributed by atoms with Gasteiger partial charge in [0.25, 0.3) is 0 Å². The zero-order valence-electron chi connectivity index (χ0n) is 15.6. The SMILES string of the molecule is COc1ccccc1C(C)CC(=O)NC(C(=O)O)c1cccc(C)c1C. The minimum atomic E-state index is -1.07. The maximum Gasteiger partial charge on any atom is 0.330 e. The van der Waals surface area contributed by atoms with Crippen LogP contribution in [0.4, 0.5) is 0 Å². The molecule has 0 aromatic heterocycles. The van der Waals surface area contributed by atoms with E-state index in [0.29, 0.717) is 5.56 Å². The Labute approximate surface area is 154 Å². The molecule has 0 spiro atoms. The molecular formula is C21H25NO4. The Hall–Kier alpha value is -2.82. The summed E-state index contributed by atoms with van der Waals surface area (Å²) in [7, 11) is 1.59. The van der Waals surface area contributed by atoms with Crippen LogP contribution in [0.1, 0.15) is 47.6 Å². The number of nitrogens with one attached hydrogen (secondary N) is 1. The van der Waals surface area contributed by atoms with Crippen LogP contribution in [0.2, 0.25) is 0 Å². The number of amides is 1. The summed E-state index contributed by atoms with van der Waals surface area (Å²) < 4.78 is 5.34. The Morgan fingerprint density at radius 1 is 1.08 bits per heavy atom. The van der Waals surface area contributed by atoms with Crippen molar-refractivity contribution in [1.82, 2.24) is 5.32 Å². The van der Waals surface area contributed by atoms with Crippen LogP contribution in [0, 0.1) is 13.8 Å². The van der Waals surface area contributed by atoms with E-state index in [-0.39, 0.29) is 18.2 Å². The molecule has 0 aliphatic carbocycles. The quantitative estimate of drug-likeness (QED) is 0.793. The van der Waals surface area contributed by atoms with Crippen LogP contribution >= 0.6 is 0 Å². The number of para-hydroxylation sites is 1. The number of methoxy groups -OCH3 is 1. The molecule has 26 heavy (non-hydrogen) atoms. The van der Waals surface area contributed by atoms with Crippen molar-refractivity contribution in [3.8, 4) is 5.75 Å². The predicted octanol–water partition coefficient (Wildman–Crippen LogP) is 3.75. The third-order valence-corrected chi connectivity index (χ3v) is 4.67. The minimum Gasteiger partial charge on any atom is -0.496 e. The smallest absolute Gasteiger partial charge is 0.330 e. The molecule has 0 fully saturated rings. The van der Waals surface area contributed by atoms with Gasteiger partial charge >= 0.3 is 5.97 Å². The zero-order valence-corrected chi connectivity index (χ0v) is 15.6. The van der Waals surface area contributed by atoms with Gasteiger partial charge in [0.1, 0.15) is 5.75 Å². The molecule has 1 amide bonds. The maximum absolute atomic E-state index is 12.5. The number of ether oxygens (including phenoxy) is 1. The lowest BCUT2D eigenvalue weighted by Crippen LogP contribution is -2.34. The highest BCUT2D eigenvalue weighted by Crippen LogP contribution is 2.29. The molecule has 2 aromatic carbocycles. The van der Waals surface area contributed by atoms with Gasteiger partial charge in [0.15, 0.2) is 6.04 Å². The van der Waals surface area contributed by atoms with Gasteiger partial charge < -0.3 is 15.2 Å². The maximum atomic E-state index is 12.5. The first-order chi connectivity index (χ1) is 12.3. The molecule has 2 atom stereocenters. The Kier molecular flexibility index (Phi) is 6.39. The molecule has 2 rings (SSSR count). The largest absolute Gasteiger partial charge is 0.496 e. The first-order valence-electron chi connectivity index (χ1n) is 8.56. The van der Waals surface area contributed by atoms with Gasteiger partial charge in [-0.05, 0) is 48.1 Å². The van der Waals surface area contributed by atoms with E-state index in [2.05, 4.69) is 5.32 Å². The van der Waals surface area contributed by atoms with Gasteiger partial charge in [-0.15, -0.1) is 0 Å². The number of carbonyl (C=O) groups is 2. The lowest BCUT2D eigenvalue weighted by atomic mass is 9.95. The van der Waals surface area contributed by atoms with E-state index in [1.54, 1.807) is 19.2 Å². The van der Waals surface area contributed by atoms with Gasteiger partial charge in [0, 0.05) is 6.42 Å². The van der Waals surface area contributed by atoms with Crippen LogP contribution in [0.3, 0.4) is 0 Å². The van der Waals surface area contributed by atoms with Gasteiger partial charge in [-0.3, -0.25) is 4.79 Å². The number of hydrogen-bond donors (Lipinski definition) is 2. The molecule has 0 saturated carbocycles. The first kappa shape index (κ1) is 19.5. The molecule has 138 valence electrons. The monoisotopic (exact) mass is 355 g/mol. The highest BCUT2D eigenvalue weighted by Gasteiger charge is 2.25. The molecular weight excluding hydrogens is 330 g/mol. The van der Waals surface area contributed by atoms with Crippen LogP contribution in [0.25, 0.3) is 0 Å². The summed E-state index contributed by atoms with van der Waals surface area (Å²) in [4.78, 5) is 24.2. The predicted molar refractivity (Wildman–Crippen MR) is 100 cm³/mol. The van der Waals surface area contributed by atoms with Crippen LogP contribution in [0.15, 0.2) is 42.5 Å². The summed E-state index contributed by atoms with van der Waals surface area (Å²) >= 11 is 0. The summed E-state index contributed by atoms with van der Waals surface area (Å²) in [5.41, 5.74) is 3.39. The summed E-state index contributed by atoms with van der Waals surface area (Å²) in [6.07, 6.45) is 0.176. The molecule has 5 nitrogen and oxygen atoms in total. The van der Waals surface area contributed by atoms with E-state index in [1.807, 2.05) is 51.1 Å². The second kappa shape index (κ2) is 8.52. The topological polar surface area (TPSA) is 75.6 Å². The molecule has 2 unspecified atom stereocenters. The van der Waals surface area contributed by atoms with Crippen LogP contribution in [0.5, 0.6) is 5.75 Å². The summed E-state index contributed by atoms with van der Waals surface area (Å²) in [6, 6.07) is 11.9. The average Bonchev–Trinajstić information content (AvgIpc) is 2.62. The summed E-state index contributed by atoms with van der Waals surface area (Å²) in [6.45, 7) is 5.71. The zero-order chi connectivity index (χ0) is 19.3. The normalized spacial score (nSPS) is 12.9. The third-order valence-electron chi connectivity index (χ3n) is 4.67. The second-order valence-electron chi connectivity index (χ2n) is 6.48. The van der Waals surface area contributed by atoms with Crippen molar-refractivity contribution in [2.75, 3.05) is 7.11 Å². The first-order valence-corrected chi connectivity index (χ1v) is 8.56. The van der Waals surface area contributed by atoms with E-state index in [0.717, 1.165) is 22.4 Å². The molecule has 0 aliphatic rings. The van der Waals surface area contributed by atoms with Crippen molar-refractivity contribution in [2.45, 2.75) is 39.2 Å². The lowest BCUT2D eigenvalue weighted by Gasteiger charge is -2.20. The number of carboxylic acids is 1. The highest BCUT2D eigenvalue weighted by molar-refractivity contribution is 5.85. The third kappa shape index (κ3) is 4.42. The molecule has 2 aromatic rings. The van der Waals surface area contributed by atoms with E-state index in [4.69, 9.17) is 4.74 Å². The number of carboxylic acid groups (broad SMARTS) is 1. The van der Waals surface area contributed by atoms with Gasteiger partial charge in [-0.2, -0.15) is 0 Å². The molecule has 2 N–H and O–H groups in total. The van der Waals surface area contributed by atoms with E-state index in [1.165, 1.54) is 0 Å². The molecule has 0 aliphatic heterocycles. The van der Waals surface area contributed by atoms with E-state index in [9.17, 15) is 14.7 Å². The molecule has 0 saturated heterocycles. The van der Waals surface area contributed by atoms with Crippen molar-refractivity contribution in [1.29, 1.82) is 0 Å². The van der Waals surface area contributed by atoms with Gasteiger partial charge in [0.2, 0.25) is 5.91 Å². The second-order valence-corrected chi connectivity index (χ2v) is 6.48. The number of hydrogen-bond acceptors (Lipinski definition) is 3. The Balaban J connectivity index is 2.16. The van der Waals surface area contributed by atoms with Crippen molar-refractivity contribution in [3.63, 3.8) is 0 Å². The number of carbonyl (C=O) groups excluding carboxylic acids is 1. The Bertz CT molecular complexity index is 800.